The predicted octanol–water partition coefficient (Wildman–Crippen LogP) is 3.31. The van der Waals surface area contributed by atoms with Crippen LogP contribution in [0.4, 0.5) is 11.9 Å². The fourth-order valence-electron chi connectivity index (χ4n) is 4.91. The summed E-state index contributed by atoms with van der Waals surface area (Å²) in [5.74, 6) is 3.06. The number of anilines is 2. The number of rotatable bonds is 6. The molecular weight excluding hydrogens is 450 g/mol. The van der Waals surface area contributed by atoms with Crippen LogP contribution in [0.5, 0.6) is 23.0 Å². The highest BCUT2D eigenvalue weighted by Gasteiger charge is 2.41. The van der Waals surface area contributed by atoms with Gasteiger partial charge in [0.2, 0.25) is 11.9 Å². The standard InChI is InChI=1S/C25H27N5O5/c1-32-15-6-8-19(33-2)16(12-15)23-22-17(27-25-28-24(26)29-30(23)25)9-14(10-18(22)31)13-5-7-20(34-3)21(11-13)35-4/h5-8,11-12,14,23H,9-10H2,1-4H3,(H3,26,27,28,29). The van der Waals surface area contributed by atoms with Crippen LogP contribution < -0.4 is 30.0 Å². The number of nitrogen functional groups attached to an aromatic ring is 1. The number of nitrogens with two attached hydrogens (primary N) is 1. The highest BCUT2D eigenvalue weighted by Crippen LogP contribution is 2.47. The Balaban J connectivity index is 1.61. The molecular formula is C25H27N5O5. The number of ether oxygens (including phenoxy) is 4. The van der Waals surface area contributed by atoms with E-state index in [1.165, 1.54) is 0 Å². The lowest BCUT2D eigenvalue weighted by Gasteiger charge is -2.35. The van der Waals surface area contributed by atoms with Gasteiger partial charge in [-0.2, -0.15) is 4.98 Å². The molecule has 2 atom stereocenters. The molecule has 2 unspecified atom stereocenters. The topological polar surface area (TPSA) is 123 Å². The molecule has 1 aliphatic heterocycles. The molecule has 1 aliphatic carbocycles. The van der Waals surface area contributed by atoms with Crippen molar-refractivity contribution in [3.63, 3.8) is 0 Å². The van der Waals surface area contributed by atoms with Gasteiger partial charge >= 0.3 is 0 Å². The first-order valence-corrected chi connectivity index (χ1v) is 11.2. The lowest BCUT2D eigenvalue weighted by Crippen LogP contribution is -2.33. The summed E-state index contributed by atoms with van der Waals surface area (Å²) in [5, 5.41) is 7.70. The maximum absolute atomic E-state index is 13.7. The average Bonchev–Trinajstić information content (AvgIpc) is 3.25. The molecule has 2 aromatic carbocycles. The summed E-state index contributed by atoms with van der Waals surface area (Å²) in [4.78, 5) is 18.1. The molecule has 35 heavy (non-hydrogen) atoms. The molecule has 0 bridgehead atoms. The number of hydrogen-bond donors (Lipinski definition) is 2. The van der Waals surface area contributed by atoms with Gasteiger partial charge in [-0.3, -0.25) is 4.79 Å². The van der Waals surface area contributed by atoms with E-state index >= 15 is 0 Å². The van der Waals surface area contributed by atoms with E-state index in [1.807, 2.05) is 36.4 Å². The van der Waals surface area contributed by atoms with Gasteiger partial charge in [0.15, 0.2) is 17.3 Å². The Bertz CT molecular complexity index is 1330. The van der Waals surface area contributed by atoms with Crippen LogP contribution in [-0.2, 0) is 4.79 Å². The Kier molecular flexibility index (Phi) is 5.72. The van der Waals surface area contributed by atoms with Crippen LogP contribution in [0.1, 0.15) is 35.9 Å². The predicted molar refractivity (Wildman–Crippen MR) is 129 cm³/mol. The molecule has 182 valence electrons. The van der Waals surface area contributed by atoms with Gasteiger partial charge in [-0.15, -0.1) is 5.10 Å². The number of allylic oxidation sites excluding steroid dienone is 2. The van der Waals surface area contributed by atoms with Crippen LogP contribution in [-0.4, -0.2) is 49.0 Å². The summed E-state index contributed by atoms with van der Waals surface area (Å²) in [6.07, 6.45) is 0.935. The van der Waals surface area contributed by atoms with E-state index in [9.17, 15) is 4.79 Å². The van der Waals surface area contributed by atoms with Crippen molar-refractivity contribution >= 4 is 17.7 Å². The molecule has 0 radical (unpaired) electrons. The zero-order valence-corrected chi connectivity index (χ0v) is 20.0. The summed E-state index contributed by atoms with van der Waals surface area (Å²) < 4.78 is 23.6. The zero-order valence-electron chi connectivity index (χ0n) is 20.0. The third kappa shape index (κ3) is 3.80. The molecule has 3 aromatic rings. The highest BCUT2D eigenvalue weighted by molar-refractivity contribution is 6.00. The Morgan fingerprint density at radius 2 is 1.69 bits per heavy atom. The molecule has 3 N–H and O–H groups in total. The number of carbonyl (C=O) groups excluding carboxylic acids is 1. The molecule has 0 spiro atoms. The first-order valence-electron chi connectivity index (χ1n) is 11.2. The molecule has 0 saturated heterocycles. The van der Waals surface area contributed by atoms with Gasteiger partial charge in [0, 0.05) is 23.3 Å². The van der Waals surface area contributed by atoms with E-state index in [0.29, 0.717) is 47.4 Å². The van der Waals surface area contributed by atoms with Crippen molar-refractivity contribution in [2.45, 2.75) is 24.8 Å². The molecule has 0 amide bonds. The van der Waals surface area contributed by atoms with Gasteiger partial charge in [0.25, 0.3) is 0 Å². The van der Waals surface area contributed by atoms with Crippen molar-refractivity contribution in [3.8, 4) is 23.0 Å². The van der Waals surface area contributed by atoms with Crippen LogP contribution in [0, 0.1) is 0 Å². The fraction of sp³-hybridized carbons (Fsp3) is 0.320. The van der Waals surface area contributed by atoms with Crippen molar-refractivity contribution in [3.05, 3.63) is 58.8 Å². The van der Waals surface area contributed by atoms with Gasteiger partial charge in [-0.25, -0.2) is 4.68 Å². The number of aromatic nitrogens is 3. The van der Waals surface area contributed by atoms with Gasteiger partial charge in [-0.05, 0) is 48.2 Å². The van der Waals surface area contributed by atoms with Crippen molar-refractivity contribution < 1.29 is 23.7 Å². The molecule has 5 rings (SSSR count). The van der Waals surface area contributed by atoms with E-state index in [1.54, 1.807) is 33.1 Å². The first kappa shape index (κ1) is 22.6. The Hall–Kier alpha value is -4.21. The summed E-state index contributed by atoms with van der Waals surface area (Å²) in [5.41, 5.74) is 9.10. The molecule has 10 nitrogen and oxygen atoms in total. The highest BCUT2D eigenvalue weighted by atomic mass is 16.5. The minimum atomic E-state index is -0.560. The van der Waals surface area contributed by atoms with Crippen LogP contribution >= 0.6 is 0 Å². The monoisotopic (exact) mass is 477 g/mol. The number of benzene rings is 2. The van der Waals surface area contributed by atoms with E-state index < -0.39 is 6.04 Å². The average molecular weight is 478 g/mol. The third-order valence-electron chi connectivity index (χ3n) is 6.55. The van der Waals surface area contributed by atoms with Crippen molar-refractivity contribution in [1.82, 2.24) is 14.8 Å². The van der Waals surface area contributed by atoms with Gasteiger partial charge in [0.05, 0.1) is 28.4 Å². The lowest BCUT2D eigenvalue weighted by molar-refractivity contribution is -0.116. The van der Waals surface area contributed by atoms with Crippen molar-refractivity contribution in [1.29, 1.82) is 0 Å². The maximum atomic E-state index is 13.7. The molecule has 1 aromatic heterocycles. The second kappa shape index (κ2) is 8.86. The van der Waals surface area contributed by atoms with Crippen LogP contribution in [0.25, 0.3) is 0 Å². The first-order chi connectivity index (χ1) is 17.0. The molecule has 2 aliphatic rings. The Labute approximate surface area is 202 Å². The number of Topliss-reactive ketones (excluding diaryl/α,β-unsaturated/α-hetero) is 1. The fourth-order valence-corrected chi connectivity index (χ4v) is 4.91. The number of fused-ring (bicyclic) bond motifs is 1. The number of carbonyl (C=O) groups is 1. The summed E-state index contributed by atoms with van der Waals surface area (Å²) in [6.45, 7) is 0. The van der Waals surface area contributed by atoms with E-state index in [4.69, 9.17) is 24.7 Å². The van der Waals surface area contributed by atoms with E-state index in [0.717, 1.165) is 16.8 Å². The van der Waals surface area contributed by atoms with Gasteiger partial charge in [0.1, 0.15) is 17.5 Å². The van der Waals surface area contributed by atoms with E-state index in [2.05, 4.69) is 15.4 Å². The molecule has 0 fully saturated rings. The number of methoxy groups -OCH3 is 4. The van der Waals surface area contributed by atoms with Crippen molar-refractivity contribution in [2.75, 3.05) is 39.5 Å². The van der Waals surface area contributed by atoms with Crippen molar-refractivity contribution in [2.24, 2.45) is 0 Å². The smallest absolute Gasteiger partial charge is 0.241 e. The van der Waals surface area contributed by atoms with E-state index in [-0.39, 0.29) is 17.6 Å². The van der Waals surface area contributed by atoms with Crippen LogP contribution in [0.2, 0.25) is 0 Å². The third-order valence-corrected chi connectivity index (χ3v) is 6.55. The largest absolute Gasteiger partial charge is 0.497 e. The zero-order chi connectivity index (χ0) is 24.7. The number of ketones is 1. The van der Waals surface area contributed by atoms with Gasteiger partial charge < -0.3 is 30.0 Å². The van der Waals surface area contributed by atoms with Gasteiger partial charge in [-0.1, -0.05) is 6.07 Å². The lowest BCUT2D eigenvalue weighted by atomic mass is 9.77. The quantitative estimate of drug-likeness (QED) is 0.550. The SMILES string of the molecule is COc1ccc(OC)c(C2C3=C(CC(c4ccc(OC)c(OC)c4)CC3=O)Nc3nc(N)nn32)c1. The minimum Gasteiger partial charge on any atom is -0.497 e. The molecule has 2 heterocycles. The second-order valence-electron chi connectivity index (χ2n) is 8.41. The summed E-state index contributed by atoms with van der Waals surface area (Å²) in [6, 6.07) is 10.7. The number of nitrogens with zero attached hydrogens (tertiary/aromatic N) is 3. The Morgan fingerprint density at radius 1 is 0.943 bits per heavy atom. The maximum Gasteiger partial charge on any atom is 0.241 e. The van der Waals surface area contributed by atoms with Crippen LogP contribution in [0.15, 0.2) is 47.7 Å². The number of nitrogens with one attached hydrogen (secondary N) is 1. The summed E-state index contributed by atoms with van der Waals surface area (Å²) in [7, 11) is 6.38. The van der Waals surface area contributed by atoms with Crippen LogP contribution in [0.3, 0.4) is 0 Å². The normalized spacial score (nSPS) is 18.9. The Morgan fingerprint density at radius 3 is 2.40 bits per heavy atom. The minimum absolute atomic E-state index is 0.00753. The number of hydrogen-bond acceptors (Lipinski definition) is 9. The molecule has 10 heteroatoms. The summed E-state index contributed by atoms with van der Waals surface area (Å²) >= 11 is 0. The second-order valence-corrected chi connectivity index (χ2v) is 8.41. The molecule has 0 saturated carbocycles.